The number of guanidine groups is 1. The number of unbranched alkanes of at least 4 members (excludes halogenated alkanes) is 2. The predicted molar refractivity (Wildman–Crippen MR) is 103 cm³/mol. The molecule has 138 valence electrons. The summed E-state index contributed by atoms with van der Waals surface area (Å²) in [4.78, 5) is 18.6. The highest BCUT2D eigenvalue weighted by molar-refractivity contribution is 5.79. The predicted octanol–water partition coefficient (Wildman–Crippen LogP) is 3.05. The van der Waals surface area contributed by atoms with Gasteiger partial charge < -0.3 is 15.5 Å². The lowest BCUT2D eigenvalue weighted by atomic mass is 10.1. The zero-order valence-corrected chi connectivity index (χ0v) is 15.7. The highest BCUT2D eigenvalue weighted by Gasteiger charge is 2.20. The lowest BCUT2D eigenvalue weighted by molar-refractivity contribution is -0.128. The molecular weight excluding hydrogens is 312 g/mol. The van der Waals surface area contributed by atoms with Crippen molar-refractivity contribution in [1.82, 2.24) is 15.5 Å². The van der Waals surface area contributed by atoms with Gasteiger partial charge in [0.05, 0.1) is 6.54 Å². The fourth-order valence-electron chi connectivity index (χ4n) is 3.03. The number of nitrogens with zero attached hydrogens (tertiary/aromatic N) is 2. The number of nitrogens with one attached hydrogen (secondary N) is 2. The summed E-state index contributed by atoms with van der Waals surface area (Å²) in [6.45, 7) is 8.29. The Hall–Kier alpha value is -2.04. The molecule has 5 nitrogen and oxygen atoms in total. The summed E-state index contributed by atoms with van der Waals surface area (Å²) in [5.41, 5.74) is 2.39. The van der Waals surface area contributed by atoms with E-state index in [0.29, 0.717) is 19.5 Å². The van der Waals surface area contributed by atoms with Crippen LogP contribution >= 0.6 is 0 Å². The van der Waals surface area contributed by atoms with Crippen LogP contribution < -0.4 is 10.6 Å². The van der Waals surface area contributed by atoms with E-state index >= 15 is 0 Å². The number of hydrogen-bond acceptors (Lipinski definition) is 2. The van der Waals surface area contributed by atoms with Gasteiger partial charge in [0.1, 0.15) is 0 Å². The molecule has 25 heavy (non-hydrogen) atoms. The summed E-state index contributed by atoms with van der Waals surface area (Å²) >= 11 is 0. The Bertz CT molecular complexity index is 571. The van der Waals surface area contributed by atoms with Gasteiger partial charge in [-0.2, -0.15) is 0 Å². The van der Waals surface area contributed by atoms with Gasteiger partial charge in [0.2, 0.25) is 5.91 Å². The number of aliphatic imine (C=N–C) groups is 1. The van der Waals surface area contributed by atoms with Crippen molar-refractivity contribution in [3.8, 4) is 0 Å². The highest BCUT2D eigenvalue weighted by atomic mass is 16.2. The normalized spacial score (nSPS) is 14.9. The van der Waals surface area contributed by atoms with Gasteiger partial charge in [-0.25, -0.2) is 4.99 Å². The molecule has 1 aliphatic rings. The lowest BCUT2D eigenvalue weighted by Gasteiger charge is -2.18. The first-order chi connectivity index (χ1) is 12.2. The Morgan fingerprint density at radius 3 is 2.64 bits per heavy atom. The van der Waals surface area contributed by atoms with Gasteiger partial charge in [0.15, 0.2) is 5.96 Å². The van der Waals surface area contributed by atoms with E-state index < -0.39 is 0 Å². The molecule has 1 amide bonds. The Labute approximate surface area is 151 Å². The van der Waals surface area contributed by atoms with E-state index in [9.17, 15) is 4.79 Å². The molecule has 0 spiro atoms. The molecule has 0 aromatic heterocycles. The second kappa shape index (κ2) is 10.7. The van der Waals surface area contributed by atoms with Crippen LogP contribution in [0.3, 0.4) is 0 Å². The summed E-state index contributed by atoms with van der Waals surface area (Å²) in [7, 11) is 0. The third kappa shape index (κ3) is 6.40. The van der Waals surface area contributed by atoms with E-state index in [0.717, 1.165) is 38.4 Å². The second-order valence-electron chi connectivity index (χ2n) is 6.52. The molecule has 1 fully saturated rings. The molecule has 0 saturated carbocycles. The molecule has 0 atom stereocenters. The fourth-order valence-corrected chi connectivity index (χ4v) is 3.03. The second-order valence-corrected chi connectivity index (χ2v) is 6.52. The molecule has 5 heteroatoms. The van der Waals surface area contributed by atoms with Crippen molar-refractivity contribution < 1.29 is 4.79 Å². The number of carbonyl (C=O) groups is 1. The molecule has 2 N–H and O–H groups in total. The third-order valence-electron chi connectivity index (χ3n) is 4.48. The summed E-state index contributed by atoms with van der Waals surface area (Å²) in [5.74, 6) is 1.13. The lowest BCUT2D eigenvalue weighted by Crippen LogP contribution is -2.37. The average Bonchev–Trinajstić information content (AvgIpc) is 3.02. The van der Waals surface area contributed by atoms with Gasteiger partial charge in [0, 0.05) is 32.6 Å². The zero-order chi connectivity index (χ0) is 17.9. The van der Waals surface area contributed by atoms with Crippen LogP contribution in [-0.4, -0.2) is 36.4 Å². The van der Waals surface area contributed by atoms with Crippen LogP contribution in [0.1, 0.15) is 57.1 Å². The van der Waals surface area contributed by atoms with Gasteiger partial charge in [-0.3, -0.25) is 4.79 Å². The fraction of sp³-hybridized carbons (Fsp3) is 0.600. The number of rotatable bonds is 9. The van der Waals surface area contributed by atoms with E-state index in [1.165, 1.54) is 24.0 Å². The van der Waals surface area contributed by atoms with Crippen molar-refractivity contribution in [2.75, 3.05) is 19.6 Å². The first kappa shape index (κ1) is 19.3. The Kier molecular flexibility index (Phi) is 8.29. The maximum absolute atomic E-state index is 11.9. The van der Waals surface area contributed by atoms with E-state index in [4.69, 9.17) is 4.99 Å². The number of carbonyl (C=O) groups excluding carboxylic acids is 1. The van der Waals surface area contributed by atoms with Crippen LogP contribution in [-0.2, 0) is 17.9 Å². The maximum Gasteiger partial charge on any atom is 0.222 e. The summed E-state index contributed by atoms with van der Waals surface area (Å²) < 4.78 is 0. The zero-order valence-electron chi connectivity index (χ0n) is 15.7. The van der Waals surface area contributed by atoms with Crippen LogP contribution in [0.4, 0.5) is 0 Å². The van der Waals surface area contributed by atoms with Crippen LogP contribution in [0.5, 0.6) is 0 Å². The molecule has 0 unspecified atom stereocenters. The first-order valence-electron chi connectivity index (χ1n) is 9.61. The molecule has 1 aromatic rings. The molecule has 0 aliphatic carbocycles. The molecular formula is C20H32N4O. The number of amides is 1. The van der Waals surface area contributed by atoms with E-state index in [-0.39, 0.29) is 5.91 Å². The molecule has 1 heterocycles. The Morgan fingerprint density at radius 2 is 1.96 bits per heavy atom. The minimum atomic E-state index is 0.268. The molecule has 2 rings (SSSR count). The van der Waals surface area contributed by atoms with Crippen LogP contribution in [0.25, 0.3) is 0 Å². The standard InChI is InChI=1S/C20H32N4O/c1-3-5-8-13-22-20(21-4-2)23-15-17-10-6-7-11-18(17)16-24-14-9-12-19(24)25/h6-7,10-11H,3-5,8-9,12-16H2,1-2H3,(H2,21,22,23). The molecule has 1 saturated heterocycles. The van der Waals surface area contributed by atoms with E-state index in [1.807, 2.05) is 17.0 Å². The van der Waals surface area contributed by atoms with Gasteiger partial charge in [-0.05, 0) is 30.9 Å². The van der Waals surface area contributed by atoms with E-state index in [1.54, 1.807) is 0 Å². The number of benzene rings is 1. The van der Waals surface area contributed by atoms with Crippen LogP contribution in [0, 0.1) is 0 Å². The minimum Gasteiger partial charge on any atom is -0.357 e. The van der Waals surface area contributed by atoms with E-state index in [2.05, 4.69) is 36.6 Å². The SMILES string of the molecule is CCCCCNC(=NCc1ccccc1CN1CCCC1=O)NCC. The van der Waals surface area contributed by atoms with Gasteiger partial charge >= 0.3 is 0 Å². The summed E-state index contributed by atoms with van der Waals surface area (Å²) in [6, 6.07) is 8.30. The molecule has 1 aliphatic heterocycles. The summed E-state index contributed by atoms with van der Waals surface area (Å²) in [5, 5.41) is 6.70. The van der Waals surface area contributed by atoms with Crippen molar-refractivity contribution in [3.63, 3.8) is 0 Å². The largest absolute Gasteiger partial charge is 0.357 e. The maximum atomic E-state index is 11.9. The van der Waals surface area contributed by atoms with Crippen molar-refractivity contribution in [1.29, 1.82) is 0 Å². The topological polar surface area (TPSA) is 56.7 Å². The molecule has 1 aromatic carbocycles. The quantitative estimate of drug-likeness (QED) is 0.411. The average molecular weight is 345 g/mol. The number of hydrogen-bond donors (Lipinski definition) is 2. The van der Waals surface area contributed by atoms with Crippen molar-refractivity contribution >= 4 is 11.9 Å². The monoisotopic (exact) mass is 344 g/mol. The molecule has 0 radical (unpaired) electrons. The van der Waals surface area contributed by atoms with Crippen molar-refractivity contribution in [2.24, 2.45) is 4.99 Å². The first-order valence-corrected chi connectivity index (χ1v) is 9.61. The molecule has 0 bridgehead atoms. The van der Waals surface area contributed by atoms with Crippen molar-refractivity contribution in [3.05, 3.63) is 35.4 Å². The highest BCUT2D eigenvalue weighted by Crippen LogP contribution is 2.17. The van der Waals surface area contributed by atoms with Gasteiger partial charge in [-0.1, -0.05) is 44.0 Å². The van der Waals surface area contributed by atoms with Gasteiger partial charge in [0.25, 0.3) is 0 Å². The number of likely N-dealkylation sites (tertiary alicyclic amines) is 1. The third-order valence-corrected chi connectivity index (χ3v) is 4.48. The smallest absolute Gasteiger partial charge is 0.222 e. The Balaban J connectivity index is 1.98. The van der Waals surface area contributed by atoms with Crippen LogP contribution in [0.15, 0.2) is 29.3 Å². The Morgan fingerprint density at radius 1 is 1.16 bits per heavy atom. The van der Waals surface area contributed by atoms with Crippen molar-refractivity contribution in [2.45, 2.75) is 59.0 Å². The van der Waals surface area contributed by atoms with Crippen LogP contribution in [0.2, 0.25) is 0 Å². The minimum absolute atomic E-state index is 0.268. The summed E-state index contributed by atoms with van der Waals surface area (Å²) in [6.07, 6.45) is 5.28. The van der Waals surface area contributed by atoms with Gasteiger partial charge in [-0.15, -0.1) is 0 Å².